The van der Waals surface area contributed by atoms with Crippen LogP contribution in [0.3, 0.4) is 0 Å². The van der Waals surface area contributed by atoms with Gasteiger partial charge in [-0.25, -0.2) is 4.98 Å². The zero-order valence-electron chi connectivity index (χ0n) is 7.98. The van der Waals surface area contributed by atoms with E-state index in [0.717, 1.165) is 11.2 Å². The Bertz CT molecular complexity index is 522. The molecule has 0 spiro atoms. The van der Waals surface area contributed by atoms with E-state index in [-0.39, 0.29) is 0 Å². The fourth-order valence-corrected chi connectivity index (χ4v) is 1.44. The molecule has 0 saturated carbocycles. The van der Waals surface area contributed by atoms with E-state index in [4.69, 9.17) is 10.00 Å². The highest BCUT2D eigenvalue weighted by atomic mass is 16.5. The van der Waals surface area contributed by atoms with Crippen molar-refractivity contribution in [3.8, 4) is 11.9 Å². The topological polar surface area (TPSA) is 50.3 Å². The first kappa shape index (κ1) is 8.57. The standard InChI is InChI=1S/C10H9N3O/c1-7-3-4-9(14-2)13-8(5-11)6-12-10(7)13/h3-4,6H,1-2H3. The van der Waals surface area contributed by atoms with Gasteiger partial charge in [-0.1, -0.05) is 6.07 Å². The number of methoxy groups -OCH3 is 1. The Kier molecular flexibility index (Phi) is 1.86. The molecule has 0 unspecified atom stereocenters. The number of imidazole rings is 1. The van der Waals surface area contributed by atoms with E-state index in [1.54, 1.807) is 17.7 Å². The third kappa shape index (κ3) is 1.03. The van der Waals surface area contributed by atoms with Gasteiger partial charge in [0.25, 0.3) is 0 Å². The Hall–Kier alpha value is -2.02. The zero-order valence-corrected chi connectivity index (χ0v) is 7.98. The fourth-order valence-electron chi connectivity index (χ4n) is 1.44. The van der Waals surface area contributed by atoms with Gasteiger partial charge in [-0.3, -0.25) is 4.40 Å². The lowest BCUT2D eigenvalue weighted by atomic mass is 10.3. The predicted molar refractivity (Wildman–Crippen MR) is 51.2 cm³/mol. The molecule has 4 nitrogen and oxygen atoms in total. The van der Waals surface area contributed by atoms with Gasteiger partial charge in [0.05, 0.1) is 13.3 Å². The van der Waals surface area contributed by atoms with Gasteiger partial charge in [0.1, 0.15) is 17.4 Å². The van der Waals surface area contributed by atoms with Crippen molar-refractivity contribution in [3.63, 3.8) is 0 Å². The van der Waals surface area contributed by atoms with Crippen molar-refractivity contribution in [2.24, 2.45) is 0 Å². The predicted octanol–water partition coefficient (Wildman–Crippen LogP) is 1.52. The van der Waals surface area contributed by atoms with E-state index in [2.05, 4.69) is 11.1 Å². The van der Waals surface area contributed by atoms with Crippen molar-refractivity contribution in [3.05, 3.63) is 29.6 Å². The Morgan fingerprint density at radius 1 is 1.50 bits per heavy atom. The molecular weight excluding hydrogens is 178 g/mol. The minimum Gasteiger partial charge on any atom is -0.482 e. The van der Waals surface area contributed by atoms with Crippen molar-refractivity contribution < 1.29 is 4.74 Å². The van der Waals surface area contributed by atoms with Gasteiger partial charge in [-0.2, -0.15) is 5.26 Å². The van der Waals surface area contributed by atoms with Crippen LogP contribution >= 0.6 is 0 Å². The van der Waals surface area contributed by atoms with Crippen LogP contribution in [0.2, 0.25) is 0 Å². The van der Waals surface area contributed by atoms with Crippen molar-refractivity contribution in [1.29, 1.82) is 5.26 Å². The smallest absolute Gasteiger partial charge is 0.200 e. The molecule has 0 aliphatic heterocycles. The quantitative estimate of drug-likeness (QED) is 0.680. The monoisotopic (exact) mass is 187 g/mol. The highest BCUT2D eigenvalue weighted by Gasteiger charge is 2.08. The summed E-state index contributed by atoms with van der Waals surface area (Å²) in [6, 6.07) is 5.82. The maximum absolute atomic E-state index is 8.87. The summed E-state index contributed by atoms with van der Waals surface area (Å²) in [5.41, 5.74) is 2.27. The number of fused-ring (bicyclic) bond motifs is 1. The number of hydrogen-bond donors (Lipinski definition) is 0. The van der Waals surface area contributed by atoms with Gasteiger partial charge in [0, 0.05) is 0 Å². The number of pyridine rings is 1. The van der Waals surface area contributed by atoms with Crippen LogP contribution in [0, 0.1) is 18.3 Å². The summed E-state index contributed by atoms with van der Waals surface area (Å²) >= 11 is 0. The SMILES string of the molecule is COc1ccc(C)c2ncc(C#N)n12. The molecule has 0 radical (unpaired) electrons. The molecular formula is C10H9N3O. The summed E-state index contributed by atoms with van der Waals surface area (Å²) in [6.45, 7) is 1.95. The lowest BCUT2D eigenvalue weighted by molar-refractivity contribution is 0.392. The van der Waals surface area contributed by atoms with Gasteiger partial charge < -0.3 is 4.74 Å². The van der Waals surface area contributed by atoms with Crippen molar-refractivity contribution in [2.45, 2.75) is 6.92 Å². The lowest BCUT2D eigenvalue weighted by Crippen LogP contribution is -1.97. The first-order chi connectivity index (χ1) is 6.77. The molecule has 0 amide bonds. The van der Waals surface area contributed by atoms with Crippen molar-refractivity contribution in [1.82, 2.24) is 9.38 Å². The van der Waals surface area contributed by atoms with Gasteiger partial charge >= 0.3 is 0 Å². The molecule has 0 fully saturated rings. The Morgan fingerprint density at radius 2 is 2.29 bits per heavy atom. The first-order valence-corrected chi connectivity index (χ1v) is 4.19. The number of nitrogens with zero attached hydrogens (tertiary/aromatic N) is 3. The summed E-state index contributed by atoms with van der Waals surface area (Å²) in [4.78, 5) is 4.16. The molecule has 0 atom stereocenters. The number of hydrogen-bond acceptors (Lipinski definition) is 3. The molecule has 2 aromatic heterocycles. The third-order valence-electron chi connectivity index (χ3n) is 2.13. The molecule has 0 aliphatic carbocycles. The Labute approximate surface area is 81.4 Å². The number of rotatable bonds is 1. The van der Waals surface area contributed by atoms with E-state index >= 15 is 0 Å². The third-order valence-corrected chi connectivity index (χ3v) is 2.13. The van der Waals surface area contributed by atoms with E-state index < -0.39 is 0 Å². The van der Waals surface area contributed by atoms with Crippen LogP contribution in [0.1, 0.15) is 11.3 Å². The highest BCUT2D eigenvalue weighted by Crippen LogP contribution is 2.19. The average molecular weight is 187 g/mol. The molecule has 0 aromatic carbocycles. The normalized spacial score (nSPS) is 10.1. The van der Waals surface area contributed by atoms with Gasteiger partial charge in [0.15, 0.2) is 5.88 Å². The number of aryl methyl sites for hydroxylation is 1. The largest absolute Gasteiger partial charge is 0.482 e. The van der Waals surface area contributed by atoms with Crippen LogP contribution in [0.15, 0.2) is 18.3 Å². The van der Waals surface area contributed by atoms with E-state index in [1.807, 2.05) is 19.1 Å². The van der Waals surface area contributed by atoms with Gasteiger partial charge in [-0.05, 0) is 18.6 Å². The Morgan fingerprint density at radius 3 is 2.93 bits per heavy atom. The van der Waals surface area contributed by atoms with Crippen molar-refractivity contribution >= 4 is 5.65 Å². The Balaban J connectivity index is 2.90. The second-order valence-electron chi connectivity index (χ2n) is 2.97. The molecule has 0 aliphatic rings. The minimum absolute atomic E-state index is 0.487. The zero-order chi connectivity index (χ0) is 10.1. The van der Waals surface area contributed by atoms with E-state index in [1.165, 1.54) is 0 Å². The fraction of sp³-hybridized carbons (Fsp3) is 0.200. The summed E-state index contributed by atoms with van der Waals surface area (Å²) in [6.07, 6.45) is 1.55. The second-order valence-corrected chi connectivity index (χ2v) is 2.97. The van der Waals surface area contributed by atoms with Crippen LogP contribution in [-0.4, -0.2) is 16.5 Å². The number of ether oxygens (including phenoxy) is 1. The van der Waals surface area contributed by atoms with Crippen LogP contribution in [0.25, 0.3) is 5.65 Å². The summed E-state index contributed by atoms with van der Waals surface area (Å²) in [7, 11) is 1.57. The number of aromatic nitrogens is 2. The second kappa shape index (κ2) is 3.04. The molecule has 0 N–H and O–H groups in total. The summed E-state index contributed by atoms with van der Waals surface area (Å²) < 4.78 is 6.86. The minimum atomic E-state index is 0.487. The van der Waals surface area contributed by atoms with Crippen LogP contribution in [0.4, 0.5) is 0 Å². The summed E-state index contributed by atoms with van der Waals surface area (Å²) in [5, 5.41) is 8.87. The maximum atomic E-state index is 8.87. The molecule has 0 saturated heterocycles. The molecule has 0 bridgehead atoms. The van der Waals surface area contributed by atoms with Crippen LogP contribution < -0.4 is 4.74 Å². The van der Waals surface area contributed by atoms with Gasteiger partial charge in [0.2, 0.25) is 0 Å². The van der Waals surface area contributed by atoms with Crippen LogP contribution in [-0.2, 0) is 0 Å². The summed E-state index contributed by atoms with van der Waals surface area (Å²) in [5.74, 6) is 0.625. The molecule has 4 heteroatoms. The van der Waals surface area contributed by atoms with E-state index in [0.29, 0.717) is 11.6 Å². The molecule has 2 rings (SSSR count). The average Bonchev–Trinajstić information content (AvgIpc) is 2.63. The molecule has 2 heterocycles. The van der Waals surface area contributed by atoms with Gasteiger partial charge in [-0.15, -0.1) is 0 Å². The van der Waals surface area contributed by atoms with Crippen LogP contribution in [0.5, 0.6) is 5.88 Å². The highest BCUT2D eigenvalue weighted by molar-refractivity contribution is 5.53. The first-order valence-electron chi connectivity index (χ1n) is 4.19. The molecule has 14 heavy (non-hydrogen) atoms. The van der Waals surface area contributed by atoms with Crippen molar-refractivity contribution in [2.75, 3.05) is 7.11 Å². The molecule has 2 aromatic rings. The molecule has 70 valence electrons. The maximum Gasteiger partial charge on any atom is 0.200 e. The lowest BCUT2D eigenvalue weighted by Gasteiger charge is -2.05. The number of nitriles is 1. The van der Waals surface area contributed by atoms with E-state index in [9.17, 15) is 0 Å².